The van der Waals surface area contributed by atoms with Crippen molar-refractivity contribution >= 4 is 5.97 Å². The summed E-state index contributed by atoms with van der Waals surface area (Å²) in [4.78, 5) is 10.9. The molecule has 0 spiro atoms. The monoisotopic (exact) mass is 140 g/mol. The Bertz CT molecular complexity index is 170. The zero-order valence-corrected chi connectivity index (χ0v) is 6.39. The fourth-order valence-corrected chi connectivity index (χ4v) is 1.11. The second-order valence-corrected chi connectivity index (χ2v) is 2.56. The van der Waals surface area contributed by atoms with Crippen LogP contribution in [0.15, 0.2) is 11.6 Å². The highest BCUT2D eigenvalue weighted by Gasteiger charge is 2.24. The minimum atomic E-state index is -0.130. The first-order valence-electron chi connectivity index (χ1n) is 3.64. The van der Waals surface area contributed by atoms with Gasteiger partial charge in [0, 0.05) is 12.0 Å². The average Bonchev–Trinajstić information content (AvgIpc) is 2.13. The van der Waals surface area contributed by atoms with Crippen LogP contribution in [0, 0.1) is 0 Å². The van der Waals surface area contributed by atoms with Gasteiger partial charge in [-0.05, 0) is 13.3 Å². The van der Waals surface area contributed by atoms with E-state index in [9.17, 15) is 4.79 Å². The van der Waals surface area contributed by atoms with Crippen LogP contribution in [-0.2, 0) is 9.53 Å². The number of rotatable bonds is 1. The molecule has 1 aliphatic rings. The molecule has 0 aromatic carbocycles. The molecule has 0 N–H and O–H groups in total. The van der Waals surface area contributed by atoms with Crippen LogP contribution in [0.25, 0.3) is 0 Å². The smallest absolute Gasteiger partial charge is 0.334 e. The maximum atomic E-state index is 10.9. The van der Waals surface area contributed by atoms with E-state index in [0.717, 1.165) is 18.4 Å². The van der Waals surface area contributed by atoms with Crippen molar-refractivity contribution in [2.24, 2.45) is 0 Å². The molecule has 0 amide bonds. The summed E-state index contributed by atoms with van der Waals surface area (Å²) in [7, 11) is 0. The molecule has 1 unspecified atom stereocenters. The molecule has 0 aromatic heterocycles. The number of hydrogen-bond donors (Lipinski definition) is 0. The summed E-state index contributed by atoms with van der Waals surface area (Å²) in [6.07, 6.45) is 3.72. The van der Waals surface area contributed by atoms with E-state index in [1.165, 1.54) is 0 Å². The van der Waals surface area contributed by atoms with Crippen molar-refractivity contribution in [3.05, 3.63) is 11.6 Å². The van der Waals surface area contributed by atoms with Gasteiger partial charge < -0.3 is 4.74 Å². The van der Waals surface area contributed by atoms with Gasteiger partial charge in [0.15, 0.2) is 0 Å². The summed E-state index contributed by atoms with van der Waals surface area (Å²) in [5.41, 5.74) is 0.843. The Hall–Kier alpha value is -0.790. The lowest BCUT2D eigenvalue weighted by atomic mass is 10.1. The van der Waals surface area contributed by atoms with E-state index in [4.69, 9.17) is 4.74 Å². The van der Waals surface area contributed by atoms with Crippen LogP contribution in [-0.4, -0.2) is 12.1 Å². The van der Waals surface area contributed by atoms with E-state index in [-0.39, 0.29) is 12.1 Å². The van der Waals surface area contributed by atoms with Crippen LogP contribution in [0.1, 0.15) is 26.7 Å². The Morgan fingerprint density at radius 1 is 1.80 bits per heavy atom. The van der Waals surface area contributed by atoms with E-state index < -0.39 is 0 Å². The van der Waals surface area contributed by atoms with E-state index in [0.29, 0.717) is 0 Å². The number of allylic oxidation sites excluding steroid dienone is 1. The minimum absolute atomic E-state index is 0.0882. The van der Waals surface area contributed by atoms with E-state index in [2.05, 4.69) is 0 Å². The predicted molar refractivity (Wildman–Crippen MR) is 38.5 cm³/mol. The highest BCUT2D eigenvalue weighted by atomic mass is 16.5. The first-order chi connectivity index (χ1) is 4.74. The normalized spacial score (nSPS) is 29.2. The van der Waals surface area contributed by atoms with Crippen LogP contribution in [0.2, 0.25) is 0 Å². The first-order valence-corrected chi connectivity index (χ1v) is 3.64. The lowest BCUT2D eigenvalue weighted by molar-refractivity contribution is -0.138. The molecule has 10 heavy (non-hydrogen) atoms. The highest BCUT2D eigenvalue weighted by Crippen LogP contribution is 2.19. The van der Waals surface area contributed by atoms with Crippen LogP contribution < -0.4 is 0 Å². The Kier molecular flexibility index (Phi) is 2.10. The molecule has 2 nitrogen and oxygen atoms in total. The zero-order valence-electron chi connectivity index (χ0n) is 6.39. The molecule has 1 saturated heterocycles. The van der Waals surface area contributed by atoms with Gasteiger partial charge in [-0.1, -0.05) is 13.0 Å². The maximum Gasteiger partial charge on any atom is 0.334 e. The van der Waals surface area contributed by atoms with Gasteiger partial charge in [0.2, 0.25) is 0 Å². The Morgan fingerprint density at radius 2 is 2.50 bits per heavy atom. The van der Waals surface area contributed by atoms with Gasteiger partial charge in [0.05, 0.1) is 0 Å². The zero-order chi connectivity index (χ0) is 7.56. The molecule has 0 aromatic rings. The third-order valence-corrected chi connectivity index (χ3v) is 1.53. The first kappa shape index (κ1) is 7.32. The molecule has 0 saturated carbocycles. The van der Waals surface area contributed by atoms with Gasteiger partial charge in [-0.3, -0.25) is 0 Å². The number of esters is 1. The van der Waals surface area contributed by atoms with Crippen LogP contribution >= 0.6 is 0 Å². The number of carbonyl (C=O) groups excluding carboxylic acids is 1. The van der Waals surface area contributed by atoms with E-state index in [1.54, 1.807) is 0 Å². The van der Waals surface area contributed by atoms with Crippen LogP contribution in [0.4, 0.5) is 0 Å². The maximum absolute atomic E-state index is 10.9. The molecular weight excluding hydrogens is 128 g/mol. The molecule has 0 radical (unpaired) electrons. The minimum Gasteiger partial charge on any atom is -0.459 e. The molecule has 1 heterocycles. The molecule has 1 rings (SSSR count). The number of hydrogen-bond acceptors (Lipinski definition) is 2. The molecule has 0 bridgehead atoms. The van der Waals surface area contributed by atoms with Gasteiger partial charge in [0.25, 0.3) is 0 Å². The summed E-state index contributed by atoms with van der Waals surface area (Å²) >= 11 is 0. The Morgan fingerprint density at radius 3 is 2.90 bits per heavy atom. The lowest BCUT2D eigenvalue weighted by Gasteiger charge is -1.94. The number of cyclic esters (lactones) is 1. The summed E-state index contributed by atoms with van der Waals surface area (Å²) < 4.78 is 4.92. The molecule has 56 valence electrons. The Balaban J connectivity index is 2.63. The van der Waals surface area contributed by atoms with Gasteiger partial charge in [-0.2, -0.15) is 0 Å². The van der Waals surface area contributed by atoms with Crippen molar-refractivity contribution in [2.75, 3.05) is 0 Å². The SMILES string of the molecule is CCC=C1CC(C)OC1=O. The Labute approximate surface area is 60.9 Å². The van der Waals surface area contributed by atoms with Crippen molar-refractivity contribution in [1.82, 2.24) is 0 Å². The second kappa shape index (κ2) is 2.86. The quantitative estimate of drug-likeness (QED) is 0.409. The van der Waals surface area contributed by atoms with Crippen molar-refractivity contribution in [2.45, 2.75) is 32.8 Å². The lowest BCUT2D eigenvalue weighted by Crippen LogP contribution is -1.99. The number of carbonyl (C=O) groups is 1. The summed E-state index contributed by atoms with van der Waals surface area (Å²) in [5.74, 6) is -0.130. The predicted octanol–water partition coefficient (Wildman–Crippen LogP) is 1.66. The standard InChI is InChI=1S/C8H12O2/c1-3-4-7-5-6(2)10-8(7)9/h4,6H,3,5H2,1-2H3. The highest BCUT2D eigenvalue weighted by molar-refractivity contribution is 5.90. The molecular formula is C8H12O2. The van der Waals surface area contributed by atoms with E-state index >= 15 is 0 Å². The fourth-order valence-electron chi connectivity index (χ4n) is 1.11. The summed E-state index contributed by atoms with van der Waals surface area (Å²) in [6.45, 7) is 3.93. The second-order valence-electron chi connectivity index (χ2n) is 2.56. The molecule has 1 aliphatic heterocycles. The van der Waals surface area contributed by atoms with Crippen molar-refractivity contribution in [3.8, 4) is 0 Å². The third-order valence-electron chi connectivity index (χ3n) is 1.53. The van der Waals surface area contributed by atoms with Crippen molar-refractivity contribution in [3.63, 3.8) is 0 Å². The topological polar surface area (TPSA) is 26.3 Å². The van der Waals surface area contributed by atoms with Crippen molar-refractivity contribution < 1.29 is 9.53 Å². The average molecular weight is 140 g/mol. The third kappa shape index (κ3) is 1.38. The van der Waals surface area contributed by atoms with Gasteiger partial charge >= 0.3 is 5.97 Å². The molecule has 1 atom stereocenters. The van der Waals surface area contributed by atoms with Crippen LogP contribution in [0.3, 0.4) is 0 Å². The fraction of sp³-hybridized carbons (Fsp3) is 0.625. The van der Waals surface area contributed by atoms with Gasteiger partial charge in [-0.15, -0.1) is 0 Å². The summed E-state index contributed by atoms with van der Waals surface area (Å²) in [6, 6.07) is 0. The van der Waals surface area contributed by atoms with Gasteiger partial charge in [0.1, 0.15) is 6.10 Å². The molecule has 2 heteroatoms. The molecule has 1 fully saturated rings. The molecule has 0 aliphatic carbocycles. The largest absolute Gasteiger partial charge is 0.459 e. The van der Waals surface area contributed by atoms with Crippen LogP contribution in [0.5, 0.6) is 0 Å². The van der Waals surface area contributed by atoms with Gasteiger partial charge in [-0.25, -0.2) is 4.79 Å². The number of ether oxygens (including phenoxy) is 1. The summed E-state index contributed by atoms with van der Waals surface area (Å²) in [5, 5.41) is 0. The van der Waals surface area contributed by atoms with E-state index in [1.807, 2.05) is 19.9 Å². The van der Waals surface area contributed by atoms with Crippen molar-refractivity contribution in [1.29, 1.82) is 0 Å².